The number of pyridine rings is 2. The first-order valence-corrected chi connectivity index (χ1v) is 12.9. The number of nitrogens with zero attached hydrogens (tertiary/aromatic N) is 3. The number of aliphatic carboxylic acids is 1. The fourth-order valence-corrected chi connectivity index (χ4v) is 5.33. The van der Waals surface area contributed by atoms with Crippen LogP contribution in [0, 0.1) is 18.3 Å². The number of rotatable bonds is 8. The third kappa shape index (κ3) is 6.08. The Morgan fingerprint density at radius 2 is 1.85 bits per heavy atom. The van der Waals surface area contributed by atoms with E-state index in [1.54, 1.807) is 6.20 Å². The molecule has 1 aliphatic carbocycles. The molecule has 0 atom stereocenters. The highest BCUT2D eigenvalue weighted by molar-refractivity contribution is 5.83. The van der Waals surface area contributed by atoms with Crippen molar-refractivity contribution in [2.75, 3.05) is 24.6 Å². The Kier molecular flexibility index (Phi) is 7.74. The Balaban J connectivity index is 1.54. The Bertz CT molecular complexity index is 971. The molecule has 0 spiro atoms. The molecule has 2 fully saturated rings. The van der Waals surface area contributed by atoms with E-state index in [4.69, 9.17) is 9.72 Å². The molecule has 2 aromatic heterocycles. The highest BCUT2D eigenvalue weighted by Gasteiger charge is 2.29. The zero-order valence-corrected chi connectivity index (χ0v) is 21.0. The number of carbonyl (C=O) groups is 1. The molecule has 2 aliphatic rings. The summed E-state index contributed by atoms with van der Waals surface area (Å²) in [6, 6.07) is 3.95. The summed E-state index contributed by atoms with van der Waals surface area (Å²) in [5.41, 5.74) is 4.55. The summed E-state index contributed by atoms with van der Waals surface area (Å²) < 4.78 is 6.00. The van der Waals surface area contributed by atoms with Crippen LogP contribution in [0.1, 0.15) is 76.5 Å². The van der Waals surface area contributed by atoms with Crippen LogP contribution in [0.5, 0.6) is 5.75 Å². The number of hydrogen-bond donors (Lipinski definition) is 1. The van der Waals surface area contributed by atoms with Crippen LogP contribution in [-0.4, -0.2) is 40.7 Å². The minimum Gasteiger partial charge on any atom is -0.492 e. The molecule has 3 heterocycles. The summed E-state index contributed by atoms with van der Waals surface area (Å²) >= 11 is 0. The highest BCUT2D eigenvalue weighted by Crippen LogP contribution is 2.39. The van der Waals surface area contributed by atoms with E-state index < -0.39 is 5.97 Å². The van der Waals surface area contributed by atoms with Crippen molar-refractivity contribution < 1.29 is 14.6 Å². The van der Waals surface area contributed by atoms with Gasteiger partial charge in [-0.2, -0.15) is 0 Å². The molecule has 184 valence electrons. The van der Waals surface area contributed by atoms with Crippen molar-refractivity contribution >= 4 is 11.7 Å². The lowest BCUT2D eigenvalue weighted by atomic mass is 9.82. The topological polar surface area (TPSA) is 75.6 Å². The predicted octanol–water partition coefficient (Wildman–Crippen LogP) is 6.05. The van der Waals surface area contributed by atoms with Crippen LogP contribution in [0.15, 0.2) is 24.5 Å². The molecule has 0 bridgehead atoms. The summed E-state index contributed by atoms with van der Waals surface area (Å²) in [6.45, 7) is 9.04. The summed E-state index contributed by atoms with van der Waals surface area (Å²) in [5, 5.41) is 9.59. The summed E-state index contributed by atoms with van der Waals surface area (Å²) in [4.78, 5) is 23.3. The molecule has 6 nitrogen and oxygen atoms in total. The van der Waals surface area contributed by atoms with Crippen molar-refractivity contribution in [3.8, 4) is 17.0 Å². The summed E-state index contributed by atoms with van der Waals surface area (Å²) in [5.74, 6) is 0.742. The molecule has 1 aliphatic heterocycles. The molecule has 0 aromatic carbocycles. The smallest absolute Gasteiger partial charge is 0.307 e. The van der Waals surface area contributed by atoms with Crippen molar-refractivity contribution in [3.63, 3.8) is 0 Å². The zero-order chi connectivity index (χ0) is 24.1. The molecule has 0 unspecified atom stereocenters. The van der Waals surface area contributed by atoms with Crippen LogP contribution in [0.2, 0.25) is 0 Å². The van der Waals surface area contributed by atoms with Gasteiger partial charge < -0.3 is 14.7 Å². The third-order valence-electron chi connectivity index (χ3n) is 7.66. The number of anilines is 1. The Morgan fingerprint density at radius 3 is 2.50 bits per heavy atom. The first-order valence-electron chi connectivity index (χ1n) is 12.9. The molecule has 6 heteroatoms. The van der Waals surface area contributed by atoms with Gasteiger partial charge in [0, 0.05) is 36.1 Å². The second kappa shape index (κ2) is 10.7. The monoisotopic (exact) mass is 465 g/mol. The lowest BCUT2D eigenvalue weighted by Crippen LogP contribution is -2.38. The highest BCUT2D eigenvalue weighted by atomic mass is 16.5. The summed E-state index contributed by atoms with van der Waals surface area (Å²) in [7, 11) is 0. The average molecular weight is 466 g/mol. The number of aromatic nitrogens is 2. The normalized spacial score (nSPS) is 18.6. The maximum atomic E-state index is 11.7. The average Bonchev–Trinajstić information content (AvgIpc) is 2.82. The standard InChI is InChI=1S/C28H39N3O3/c1-20-23(17-26(32)33)27(31-14-12-28(2,3)13-15-31)24(19-29-20)25-10-9-22(18-30-25)34-16-11-21-7-5-4-6-8-21/h9-10,18-19,21H,4-8,11-17H2,1-3H3,(H,32,33). The predicted molar refractivity (Wildman–Crippen MR) is 135 cm³/mol. The van der Waals surface area contributed by atoms with Gasteiger partial charge in [0.2, 0.25) is 0 Å². The van der Waals surface area contributed by atoms with Crippen LogP contribution >= 0.6 is 0 Å². The second-order valence-corrected chi connectivity index (χ2v) is 10.8. The zero-order valence-electron chi connectivity index (χ0n) is 21.0. The van der Waals surface area contributed by atoms with E-state index in [1.807, 2.05) is 25.3 Å². The largest absolute Gasteiger partial charge is 0.492 e. The van der Waals surface area contributed by atoms with Gasteiger partial charge in [-0.15, -0.1) is 0 Å². The van der Waals surface area contributed by atoms with E-state index in [9.17, 15) is 9.90 Å². The number of aryl methyl sites for hydroxylation is 1. The Hall–Kier alpha value is -2.63. The van der Waals surface area contributed by atoms with Gasteiger partial charge in [-0.3, -0.25) is 14.8 Å². The third-order valence-corrected chi connectivity index (χ3v) is 7.66. The van der Waals surface area contributed by atoms with Gasteiger partial charge in [0.15, 0.2) is 0 Å². The second-order valence-electron chi connectivity index (χ2n) is 10.8. The van der Waals surface area contributed by atoms with Crippen molar-refractivity contribution in [2.24, 2.45) is 11.3 Å². The minimum absolute atomic E-state index is 0.0374. The maximum absolute atomic E-state index is 11.7. The van der Waals surface area contributed by atoms with Crippen LogP contribution in [-0.2, 0) is 11.2 Å². The number of carboxylic acids is 1. The van der Waals surface area contributed by atoms with E-state index in [0.717, 1.165) is 78.8 Å². The first kappa shape index (κ1) is 24.5. The lowest BCUT2D eigenvalue weighted by molar-refractivity contribution is -0.136. The number of ether oxygens (including phenoxy) is 1. The van der Waals surface area contributed by atoms with Gasteiger partial charge in [-0.1, -0.05) is 46.0 Å². The minimum atomic E-state index is -0.838. The fourth-order valence-electron chi connectivity index (χ4n) is 5.33. The number of hydrogen-bond acceptors (Lipinski definition) is 5. The Morgan fingerprint density at radius 1 is 1.12 bits per heavy atom. The van der Waals surface area contributed by atoms with Crippen molar-refractivity contribution in [1.29, 1.82) is 0 Å². The SMILES string of the molecule is Cc1ncc(-c2ccc(OCCC3CCCCC3)cn2)c(N2CCC(C)(C)CC2)c1CC(=O)O. The van der Waals surface area contributed by atoms with Gasteiger partial charge in [-0.25, -0.2) is 0 Å². The molecule has 1 saturated heterocycles. The van der Waals surface area contributed by atoms with Gasteiger partial charge in [0.1, 0.15) is 5.75 Å². The molecule has 34 heavy (non-hydrogen) atoms. The van der Waals surface area contributed by atoms with E-state index in [1.165, 1.54) is 32.1 Å². The van der Waals surface area contributed by atoms with Crippen LogP contribution in [0.25, 0.3) is 11.3 Å². The van der Waals surface area contributed by atoms with Crippen LogP contribution in [0.4, 0.5) is 5.69 Å². The molecule has 4 rings (SSSR count). The molecule has 1 N–H and O–H groups in total. The number of piperidine rings is 1. The first-order chi connectivity index (χ1) is 16.3. The van der Waals surface area contributed by atoms with E-state index in [2.05, 4.69) is 23.7 Å². The van der Waals surface area contributed by atoms with E-state index >= 15 is 0 Å². The van der Waals surface area contributed by atoms with Gasteiger partial charge in [0.25, 0.3) is 0 Å². The number of carboxylic acid groups (broad SMARTS) is 1. The molecule has 1 saturated carbocycles. The molecular weight excluding hydrogens is 426 g/mol. The van der Waals surface area contributed by atoms with E-state index in [0.29, 0.717) is 5.41 Å². The van der Waals surface area contributed by atoms with Crippen molar-refractivity contribution in [2.45, 2.75) is 78.6 Å². The van der Waals surface area contributed by atoms with Crippen molar-refractivity contribution in [1.82, 2.24) is 9.97 Å². The lowest BCUT2D eigenvalue weighted by Gasteiger charge is -2.40. The fraction of sp³-hybridized carbons (Fsp3) is 0.607. The van der Waals surface area contributed by atoms with Crippen LogP contribution < -0.4 is 9.64 Å². The van der Waals surface area contributed by atoms with Crippen molar-refractivity contribution in [3.05, 3.63) is 35.8 Å². The molecule has 0 amide bonds. The van der Waals surface area contributed by atoms with Gasteiger partial charge >= 0.3 is 5.97 Å². The molecule has 2 aromatic rings. The van der Waals surface area contributed by atoms with Gasteiger partial charge in [-0.05, 0) is 49.7 Å². The maximum Gasteiger partial charge on any atom is 0.307 e. The molecule has 0 radical (unpaired) electrons. The quantitative estimate of drug-likeness (QED) is 0.511. The summed E-state index contributed by atoms with van der Waals surface area (Å²) in [6.07, 6.45) is 13.6. The Labute approximate surface area is 203 Å². The van der Waals surface area contributed by atoms with Gasteiger partial charge in [0.05, 0.1) is 30.6 Å². The molecular formula is C28H39N3O3. The van der Waals surface area contributed by atoms with E-state index in [-0.39, 0.29) is 6.42 Å². The van der Waals surface area contributed by atoms with Crippen LogP contribution in [0.3, 0.4) is 0 Å².